The van der Waals surface area contributed by atoms with E-state index in [2.05, 4.69) is 24.0 Å². The number of hydrogen-bond acceptors (Lipinski definition) is 3. The first-order valence-electron chi connectivity index (χ1n) is 5.94. The predicted octanol–water partition coefficient (Wildman–Crippen LogP) is 1.86. The first-order valence-corrected chi connectivity index (χ1v) is 5.94. The minimum Gasteiger partial charge on any atom is -0.328 e. The minimum absolute atomic E-state index is 0.286. The molecule has 0 aromatic rings. The van der Waals surface area contributed by atoms with Gasteiger partial charge in [-0.2, -0.15) is 10.5 Å². The van der Waals surface area contributed by atoms with Crippen LogP contribution in [-0.2, 0) is 4.79 Å². The predicted molar refractivity (Wildman–Crippen MR) is 61.0 cm³/mol. The van der Waals surface area contributed by atoms with Gasteiger partial charge in [-0.3, -0.25) is 4.79 Å². The van der Waals surface area contributed by atoms with Crippen LogP contribution in [0, 0.1) is 39.9 Å². The molecule has 1 spiro atoms. The Morgan fingerprint density at radius 1 is 1.18 bits per heavy atom. The third kappa shape index (κ3) is 1.61. The second-order valence-corrected chi connectivity index (χ2v) is 4.93. The van der Waals surface area contributed by atoms with Crippen LogP contribution in [0.3, 0.4) is 0 Å². The third-order valence-electron chi connectivity index (χ3n) is 4.09. The van der Waals surface area contributed by atoms with E-state index in [-0.39, 0.29) is 5.91 Å². The zero-order valence-electron chi connectivity index (χ0n) is 9.70. The molecule has 0 radical (unpaired) electrons. The average molecular weight is 229 g/mol. The molecule has 4 heteroatoms. The molecular weight excluding hydrogens is 214 g/mol. The van der Waals surface area contributed by atoms with Crippen molar-refractivity contribution in [2.24, 2.45) is 17.3 Å². The van der Waals surface area contributed by atoms with Crippen molar-refractivity contribution in [3.8, 4) is 12.1 Å². The van der Waals surface area contributed by atoms with E-state index >= 15 is 0 Å². The number of carbonyl (C=O) groups is 1. The van der Waals surface area contributed by atoms with E-state index < -0.39 is 17.3 Å². The average Bonchev–Trinajstić information content (AvgIpc) is 2.30. The Balaban J connectivity index is 2.46. The second kappa shape index (κ2) is 4.22. The summed E-state index contributed by atoms with van der Waals surface area (Å²) in [6, 6.07) is 4.33. The topological polar surface area (TPSA) is 76.7 Å². The van der Waals surface area contributed by atoms with Crippen LogP contribution >= 0.6 is 0 Å². The number of piperidine rings is 1. The van der Waals surface area contributed by atoms with E-state index in [1.54, 1.807) is 0 Å². The van der Waals surface area contributed by atoms with Gasteiger partial charge in [-0.25, -0.2) is 0 Å². The van der Waals surface area contributed by atoms with Crippen LogP contribution in [0.1, 0.15) is 32.1 Å². The van der Waals surface area contributed by atoms with Crippen LogP contribution in [0.5, 0.6) is 0 Å². The third-order valence-corrected chi connectivity index (χ3v) is 4.09. The van der Waals surface area contributed by atoms with Gasteiger partial charge in [-0.05, 0) is 12.8 Å². The molecule has 0 aromatic carbocycles. The van der Waals surface area contributed by atoms with E-state index in [0.717, 1.165) is 32.1 Å². The summed E-state index contributed by atoms with van der Waals surface area (Å²) in [5.74, 6) is -1.42. The molecule has 1 saturated heterocycles. The van der Waals surface area contributed by atoms with Gasteiger partial charge >= 0.3 is 0 Å². The van der Waals surface area contributed by atoms with Crippen LogP contribution < -0.4 is 5.32 Å². The van der Waals surface area contributed by atoms with Crippen LogP contribution in [0.4, 0.5) is 0 Å². The highest BCUT2D eigenvalue weighted by atomic mass is 16.2. The SMILES string of the molecule is C=C1NC(=O)C(C#N)C2(CCCCC2)C1C#N. The molecule has 2 unspecified atom stereocenters. The Labute approximate surface area is 101 Å². The number of nitrogens with zero attached hydrogens (tertiary/aromatic N) is 2. The van der Waals surface area contributed by atoms with Gasteiger partial charge in [0.05, 0.1) is 18.1 Å². The maximum absolute atomic E-state index is 11.9. The number of nitriles is 2. The summed E-state index contributed by atoms with van der Waals surface area (Å²) >= 11 is 0. The first-order chi connectivity index (χ1) is 8.15. The van der Waals surface area contributed by atoms with Gasteiger partial charge in [0.25, 0.3) is 0 Å². The Morgan fingerprint density at radius 2 is 1.76 bits per heavy atom. The normalized spacial score (nSPS) is 31.4. The summed E-state index contributed by atoms with van der Waals surface area (Å²) in [5.41, 5.74) is -0.0350. The quantitative estimate of drug-likeness (QED) is 0.688. The number of amides is 1. The summed E-state index contributed by atoms with van der Waals surface area (Å²) in [6.07, 6.45) is 4.63. The van der Waals surface area contributed by atoms with Gasteiger partial charge in [0.2, 0.25) is 5.91 Å². The monoisotopic (exact) mass is 229 g/mol. The highest BCUT2D eigenvalue weighted by Gasteiger charge is 2.54. The lowest BCUT2D eigenvalue weighted by Gasteiger charge is -2.46. The number of nitrogens with one attached hydrogen (secondary N) is 1. The molecule has 2 rings (SSSR count). The Hall–Kier alpha value is -1.81. The summed E-state index contributed by atoms with van der Waals surface area (Å²) < 4.78 is 0. The summed E-state index contributed by atoms with van der Waals surface area (Å²) in [4.78, 5) is 11.9. The fourth-order valence-electron chi connectivity index (χ4n) is 3.26. The van der Waals surface area contributed by atoms with E-state index in [1.165, 1.54) is 0 Å². The van der Waals surface area contributed by atoms with Crippen LogP contribution in [0.25, 0.3) is 0 Å². The van der Waals surface area contributed by atoms with Crippen LogP contribution in [0.2, 0.25) is 0 Å². The van der Waals surface area contributed by atoms with E-state index in [0.29, 0.717) is 5.70 Å². The number of rotatable bonds is 0. The summed E-state index contributed by atoms with van der Waals surface area (Å²) in [5, 5.41) is 21.1. The lowest BCUT2D eigenvalue weighted by Crippen LogP contribution is -2.53. The standard InChI is InChI=1S/C13H15N3O/c1-9-10(7-14)13(5-3-2-4-6-13)11(8-15)12(17)16-9/h10-11H,1-6H2,(H,16,17). The van der Waals surface area contributed by atoms with Crippen molar-refractivity contribution in [1.29, 1.82) is 10.5 Å². The van der Waals surface area contributed by atoms with Crippen molar-refractivity contribution in [3.63, 3.8) is 0 Å². The van der Waals surface area contributed by atoms with Crippen molar-refractivity contribution in [3.05, 3.63) is 12.3 Å². The van der Waals surface area contributed by atoms with E-state index in [4.69, 9.17) is 0 Å². The molecule has 2 atom stereocenters. The molecule has 4 nitrogen and oxygen atoms in total. The fraction of sp³-hybridized carbons (Fsp3) is 0.615. The molecule has 2 aliphatic rings. The molecule has 1 aliphatic carbocycles. The highest BCUT2D eigenvalue weighted by Crippen LogP contribution is 2.51. The van der Waals surface area contributed by atoms with Gasteiger partial charge < -0.3 is 5.32 Å². The Kier molecular flexibility index (Phi) is 2.90. The molecule has 1 N–H and O–H groups in total. The smallest absolute Gasteiger partial charge is 0.242 e. The molecule has 17 heavy (non-hydrogen) atoms. The van der Waals surface area contributed by atoms with Crippen LogP contribution in [0.15, 0.2) is 12.3 Å². The Bertz CT molecular complexity index is 401. The maximum Gasteiger partial charge on any atom is 0.242 e. The highest BCUT2D eigenvalue weighted by molar-refractivity contribution is 5.85. The fourth-order valence-corrected chi connectivity index (χ4v) is 3.26. The van der Waals surface area contributed by atoms with Crippen molar-refractivity contribution in [1.82, 2.24) is 5.32 Å². The summed E-state index contributed by atoms with van der Waals surface area (Å²) in [7, 11) is 0. The van der Waals surface area contributed by atoms with Crippen molar-refractivity contribution in [2.45, 2.75) is 32.1 Å². The van der Waals surface area contributed by atoms with E-state index in [9.17, 15) is 15.3 Å². The first kappa shape index (κ1) is 11.7. The molecule has 2 fully saturated rings. The van der Waals surface area contributed by atoms with Crippen molar-refractivity contribution >= 4 is 5.91 Å². The molecule has 88 valence electrons. The van der Waals surface area contributed by atoms with Gasteiger partial charge in [0.15, 0.2) is 0 Å². The second-order valence-electron chi connectivity index (χ2n) is 4.93. The van der Waals surface area contributed by atoms with E-state index in [1.807, 2.05) is 0 Å². The number of hydrogen-bond donors (Lipinski definition) is 1. The van der Waals surface area contributed by atoms with Gasteiger partial charge in [0, 0.05) is 11.1 Å². The number of carbonyl (C=O) groups excluding carboxylic acids is 1. The molecule has 0 aromatic heterocycles. The Morgan fingerprint density at radius 3 is 2.29 bits per heavy atom. The molecule has 1 heterocycles. The molecule has 0 bridgehead atoms. The van der Waals surface area contributed by atoms with Gasteiger partial charge in [0.1, 0.15) is 5.92 Å². The molecule has 1 saturated carbocycles. The van der Waals surface area contributed by atoms with Crippen molar-refractivity contribution < 1.29 is 4.79 Å². The van der Waals surface area contributed by atoms with Gasteiger partial charge in [-0.15, -0.1) is 0 Å². The van der Waals surface area contributed by atoms with Crippen molar-refractivity contribution in [2.75, 3.05) is 0 Å². The minimum atomic E-state index is -0.710. The largest absolute Gasteiger partial charge is 0.328 e. The zero-order valence-corrected chi connectivity index (χ0v) is 9.70. The summed E-state index contributed by atoms with van der Waals surface area (Å²) in [6.45, 7) is 3.77. The molecular formula is C13H15N3O. The lowest BCUT2D eigenvalue weighted by molar-refractivity contribution is -0.130. The molecule has 1 aliphatic heterocycles. The number of allylic oxidation sites excluding steroid dienone is 1. The van der Waals surface area contributed by atoms with Gasteiger partial charge in [-0.1, -0.05) is 25.8 Å². The zero-order chi connectivity index (χ0) is 12.5. The maximum atomic E-state index is 11.9. The lowest BCUT2D eigenvalue weighted by atomic mass is 9.57. The van der Waals surface area contributed by atoms with Crippen LogP contribution in [-0.4, -0.2) is 5.91 Å². The molecule has 1 amide bonds.